The molecular weight excluding hydrogens is 260 g/mol. The summed E-state index contributed by atoms with van der Waals surface area (Å²) in [6.45, 7) is 0. The van der Waals surface area contributed by atoms with E-state index in [0.717, 1.165) is 23.5 Å². The number of hydrogen-bond acceptors (Lipinski definition) is 2. The summed E-state index contributed by atoms with van der Waals surface area (Å²) >= 11 is 0. The molecule has 0 N–H and O–H groups in total. The van der Waals surface area contributed by atoms with Gasteiger partial charge < -0.3 is 9.47 Å². The quantitative estimate of drug-likeness (QED) is 0.702. The predicted molar refractivity (Wildman–Crippen MR) is 86.3 cm³/mol. The van der Waals surface area contributed by atoms with Gasteiger partial charge in [0, 0.05) is 12.0 Å². The van der Waals surface area contributed by atoms with Crippen molar-refractivity contribution in [2.45, 2.75) is 6.42 Å². The Labute approximate surface area is 124 Å². The van der Waals surface area contributed by atoms with Gasteiger partial charge in [-0.15, -0.1) is 0 Å². The summed E-state index contributed by atoms with van der Waals surface area (Å²) in [7, 11) is 3.43. The van der Waals surface area contributed by atoms with E-state index >= 15 is 0 Å². The fourth-order valence-corrected chi connectivity index (χ4v) is 2.73. The van der Waals surface area contributed by atoms with Crippen LogP contribution in [0.2, 0.25) is 0 Å². The minimum absolute atomic E-state index is 0.786. The van der Waals surface area contributed by atoms with Crippen molar-refractivity contribution in [1.82, 2.24) is 0 Å². The molecule has 0 aliphatic carbocycles. The van der Waals surface area contributed by atoms with Crippen LogP contribution in [0.15, 0.2) is 60.7 Å². The molecule has 0 unspecified atom stereocenters. The Morgan fingerprint density at radius 1 is 0.714 bits per heavy atom. The molecule has 0 atom stereocenters. The van der Waals surface area contributed by atoms with Crippen LogP contribution >= 0.6 is 0 Å². The Hall–Kier alpha value is -2.48. The fourth-order valence-electron chi connectivity index (χ4n) is 2.73. The highest BCUT2D eigenvalue weighted by molar-refractivity contribution is 5.88. The Morgan fingerprint density at radius 3 is 2.24 bits per heavy atom. The van der Waals surface area contributed by atoms with Crippen molar-refractivity contribution < 1.29 is 9.47 Å². The zero-order valence-electron chi connectivity index (χ0n) is 12.3. The van der Waals surface area contributed by atoms with Crippen molar-refractivity contribution >= 4 is 10.8 Å². The van der Waals surface area contributed by atoms with Crippen molar-refractivity contribution in [2.75, 3.05) is 14.2 Å². The lowest BCUT2D eigenvalue weighted by Crippen LogP contribution is -1.97. The Bertz CT molecular complexity index is 762. The highest BCUT2D eigenvalue weighted by atomic mass is 16.5. The van der Waals surface area contributed by atoms with E-state index in [0.29, 0.717) is 0 Å². The van der Waals surface area contributed by atoms with E-state index in [4.69, 9.17) is 9.47 Å². The molecule has 0 aromatic heterocycles. The van der Waals surface area contributed by atoms with Crippen molar-refractivity contribution in [3.63, 3.8) is 0 Å². The SMILES string of the molecule is COc1ccccc1Cc1c(OC)ccc2ccccc12. The van der Waals surface area contributed by atoms with E-state index < -0.39 is 0 Å². The molecule has 0 aliphatic rings. The number of benzene rings is 3. The lowest BCUT2D eigenvalue weighted by Gasteiger charge is -2.14. The van der Waals surface area contributed by atoms with Gasteiger partial charge in [0.25, 0.3) is 0 Å². The summed E-state index contributed by atoms with van der Waals surface area (Å²) in [6.07, 6.45) is 0.786. The molecule has 0 bridgehead atoms. The standard InChI is InChI=1S/C19H18O2/c1-20-18-10-6-4-8-15(18)13-17-16-9-5-3-7-14(16)11-12-19(17)21-2/h3-12H,13H2,1-2H3. The first-order valence-electron chi connectivity index (χ1n) is 7.00. The number of ether oxygens (including phenoxy) is 2. The summed E-state index contributed by atoms with van der Waals surface area (Å²) < 4.78 is 11.0. The van der Waals surface area contributed by atoms with Gasteiger partial charge in [0.05, 0.1) is 14.2 Å². The number of methoxy groups -OCH3 is 2. The van der Waals surface area contributed by atoms with Crippen LogP contribution in [0, 0.1) is 0 Å². The van der Waals surface area contributed by atoms with Gasteiger partial charge in [-0.2, -0.15) is 0 Å². The maximum atomic E-state index is 5.56. The van der Waals surface area contributed by atoms with Crippen LogP contribution in [-0.2, 0) is 6.42 Å². The van der Waals surface area contributed by atoms with E-state index in [-0.39, 0.29) is 0 Å². The Kier molecular flexibility index (Phi) is 3.78. The third-order valence-electron chi connectivity index (χ3n) is 3.78. The molecule has 0 saturated carbocycles. The van der Waals surface area contributed by atoms with Gasteiger partial charge in [-0.3, -0.25) is 0 Å². The van der Waals surface area contributed by atoms with E-state index in [9.17, 15) is 0 Å². The Balaban J connectivity index is 2.14. The number of para-hydroxylation sites is 1. The van der Waals surface area contributed by atoms with Gasteiger partial charge in [-0.25, -0.2) is 0 Å². The summed E-state index contributed by atoms with van der Waals surface area (Å²) in [4.78, 5) is 0. The molecular formula is C19H18O2. The molecule has 0 aliphatic heterocycles. The number of rotatable bonds is 4. The van der Waals surface area contributed by atoms with Gasteiger partial charge in [-0.1, -0.05) is 48.5 Å². The Morgan fingerprint density at radius 2 is 1.43 bits per heavy atom. The average Bonchev–Trinajstić information content (AvgIpc) is 2.55. The van der Waals surface area contributed by atoms with Crippen LogP contribution in [0.1, 0.15) is 11.1 Å². The molecule has 0 radical (unpaired) electrons. The molecule has 2 heteroatoms. The summed E-state index contributed by atoms with van der Waals surface area (Å²) in [5.74, 6) is 1.83. The van der Waals surface area contributed by atoms with Gasteiger partial charge in [-0.05, 0) is 28.5 Å². The smallest absolute Gasteiger partial charge is 0.123 e. The van der Waals surface area contributed by atoms with Crippen molar-refractivity contribution in [2.24, 2.45) is 0 Å². The third kappa shape index (κ3) is 2.57. The van der Waals surface area contributed by atoms with E-state index in [2.05, 4.69) is 36.4 Å². The van der Waals surface area contributed by atoms with Crippen LogP contribution in [0.5, 0.6) is 11.5 Å². The number of fused-ring (bicyclic) bond motifs is 1. The van der Waals surface area contributed by atoms with Crippen molar-refractivity contribution in [3.8, 4) is 11.5 Å². The van der Waals surface area contributed by atoms with E-state index in [1.165, 1.54) is 16.3 Å². The molecule has 3 aromatic rings. The largest absolute Gasteiger partial charge is 0.496 e. The lowest BCUT2D eigenvalue weighted by atomic mass is 9.97. The van der Waals surface area contributed by atoms with E-state index in [1.54, 1.807) is 14.2 Å². The predicted octanol–water partition coefficient (Wildman–Crippen LogP) is 4.45. The first-order chi connectivity index (χ1) is 10.3. The van der Waals surface area contributed by atoms with Gasteiger partial charge >= 0.3 is 0 Å². The molecule has 3 rings (SSSR count). The van der Waals surface area contributed by atoms with Gasteiger partial charge in [0.15, 0.2) is 0 Å². The first-order valence-corrected chi connectivity index (χ1v) is 7.00. The van der Waals surface area contributed by atoms with Crippen LogP contribution in [-0.4, -0.2) is 14.2 Å². The van der Waals surface area contributed by atoms with Crippen molar-refractivity contribution in [1.29, 1.82) is 0 Å². The molecule has 0 heterocycles. The maximum Gasteiger partial charge on any atom is 0.123 e. The van der Waals surface area contributed by atoms with Gasteiger partial charge in [0.2, 0.25) is 0 Å². The second-order valence-corrected chi connectivity index (χ2v) is 4.96. The van der Waals surface area contributed by atoms with Crippen LogP contribution in [0.25, 0.3) is 10.8 Å². The molecule has 3 aromatic carbocycles. The van der Waals surface area contributed by atoms with Gasteiger partial charge in [0.1, 0.15) is 11.5 Å². The monoisotopic (exact) mass is 278 g/mol. The molecule has 2 nitrogen and oxygen atoms in total. The zero-order valence-corrected chi connectivity index (χ0v) is 12.3. The van der Waals surface area contributed by atoms with Crippen LogP contribution < -0.4 is 9.47 Å². The molecule has 106 valence electrons. The minimum Gasteiger partial charge on any atom is -0.496 e. The fraction of sp³-hybridized carbons (Fsp3) is 0.158. The van der Waals surface area contributed by atoms with Crippen LogP contribution in [0.4, 0.5) is 0 Å². The maximum absolute atomic E-state index is 5.56. The van der Waals surface area contributed by atoms with Crippen LogP contribution in [0.3, 0.4) is 0 Å². The molecule has 0 amide bonds. The summed E-state index contributed by atoms with van der Waals surface area (Å²) in [5, 5.41) is 2.45. The molecule has 21 heavy (non-hydrogen) atoms. The normalized spacial score (nSPS) is 10.6. The third-order valence-corrected chi connectivity index (χ3v) is 3.78. The first kappa shape index (κ1) is 13.5. The molecule has 0 spiro atoms. The summed E-state index contributed by atoms with van der Waals surface area (Å²) in [5.41, 5.74) is 2.36. The van der Waals surface area contributed by atoms with E-state index in [1.807, 2.05) is 24.3 Å². The highest BCUT2D eigenvalue weighted by Crippen LogP contribution is 2.32. The zero-order chi connectivity index (χ0) is 14.7. The summed E-state index contributed by atoms with van der Waals surface area (Å²) in [6, 6.07) is 20.6. The minimum atomic E-state index is 0.786. The second kappa shape index (κ2) is 5.88. The molecule has 0 saturated heterocycles. The van der Waals surface area contributed by atoms with Crippen molar-refractivity contribution in [3.05, 3.63) is 71.8 Å². The average molecular weight is 278 g/mol. The lowest BCUT2D eigenvalue weighted by molar-refractivity contribution is 0.406. The highest BCUT2D eigenvalue weighted by Gasteiger charge is 2.11. The second-order valence-electron chi connectivity index (χ2n) is 4.96. The molecule has 0 fully saturated rings. The topological polar surface area (TPSA) is 18.5 Å². The number of hydrogen-bond donors (Lipinski definition) is 0.